The van der Waals surface area contributed by atoms with E-state index in [1.165, 1.54) is 0 Å². The number of carbonyl (C=O) groups is 1. The number of aromatic amines is 1. The fourth-order valence-electron chi connectivity index (χ4n) is 2.26. The Morgan fingerprint density at radius 2 is 2.26 bits per heavy atom. The molecule has 1 aromatic carbocycles. The molecule has 0 aliphatic rings. The van der Waals surface area contributed by atoms with E-state index in [4.69, 9.17) is 9.52 Å². The number of nitrogens with one attached hydrogen (secondary N) is 1. The number of fused-ring (bicyclic) bond motifs is 1. The highest BCUT2D eigenvalue weighted by atomic mass is 16.4. The van der Waals surface area contributed by atoms with Crippen LogP contribution in [-0.4, -0.2) is 21.0 Å². The summed E-state index contributed by atoms with van der Waals surface area (Å²) < 4.78 is 5.48. The normalized spacial score (nSPS) is 12.6. The molecule has 5 nitrogen and oxygen atoms in total. The van der Waals surface area contributed by atoms with Crippen LogP contribution < -0.4 is 0 Å². The zero-order chi connectivity index (χ0) is 13.2. The fourth-order valence-corrected chi connectivity index (χ4v) is 2.26. The van der Waals surface area contributed by atoms with Gasteiger partial charge in [-0.25, -0.2) is 4.98 Å². The van der Waals surface area contributed by atoms with Crippen LogP contribution >= 0.6 is 0 Å². The van der Waals surface area contributed by atoms with Gasteiger partial charge in [-0.15, -0.1) is 0 Å². The maximum absolute atomic E-state index is 11.1. The predicted octanol–water partition coefficient (Wildman–Crippen LogP) is 2.76. The summed E-state index contributed by atoms with van der Waals surface area (Å²) in [7, 11) is 0. The highest BCUT2D eigenvalue weighted by Gasteiger charge is 2.23. The number of H-pyrrole nitrogens is 1. The van der Waals surface area contributed by atoms with Gasteiger partial charge in [0.05, 0.1) is 18.6 Å². The molecule has 0 saturated heterocycles. The van der Waals surface area contributed by atoms with E-state index in [0.717, 1.165) is 16.5 Å². The largest absolute Gasteiger partial charge is 0.481 e. The Balaban J connectivity index is 2.11. The summed E-state index contributed by atoms with van der Waals surface area (Å²) >= 11 is 0. The molecule has 96 valence electrons. The van der Waals surface area contributed by atoms with Crippen molar-refractivity contribution in [2.45, 2.75) is 12.3 Å². The third kappa shape index (κ3) is 2.10. The van der Waals surface area contributed by atoms with Gasteiger partial charge in [0.2, 0.25) is 0 Å². The molecule has 5 heteroatoms. The van der Waals surface area contributed by atoms with Crippen LogP contribution in [0.4, 0.5) is 0 Å². The van der Waals surface area contributed by atoms with Crippen molar-refractivity contribution in [3.63, 3.8) is 0 Å². The van der Waals surface area contributed by atoms with Crippen LogP contribution in [0.1, 0.15) is 23.7 Å². The van der Waals surface area contributed by atoms with Gasteiger partial charge >= 0.3 is 5.97 Å². The average molecular weight is 256 g/mol. The number of imidazole rings is 1. The van der Waals surface area contributed by atoms with Gasteiger partial charge in [-0.05, 0) is 6.07 Å². The number of furan rings is 1. The monoisotopic (exact) mass is 256 g/mol. The van der Waals surface area contributed by atoms with Gasteiger partial charge in [0.1, 0.15) is 11.4 Å². The lowest BCUT2D eigenvalue weighted by molar-refractivity contribution is -0.137. The first-order chi connectivity index (χ1) is 9.25. The first kappa shape index (κ1) is 11.5. The van der Waals surface area contributed by atoms with Gasteiger partial charge in [0.15, 0.2) is 0 Å². The van der Waals surface area contributed by atoms with Crippen molar-refractivity contribution < 1.29 is 14.3 Å². The van der Waals surface area contributed by atoms with Crippen LogP contribution in [0, 0.1) is 0 Å². The number of nitrogens with zero attached hydrogens (tertiary/aromatic N) is 1. The minimum absolute atomic E-state index is 0.0307. The molecular formula is C14H12N2O3. The number of para-hydroxylation sites is 1. The lowest BCUT2D eigenvalue weighted by Crippen LogP contribution is -2.09. The van der Waals surface area contributed by atoms with Crippen molar-refractivity contribution in [1.82, 2.24) is 9.97 Å². The molecule has 2 heterocycles. The minimum Gasteiger partial charge on any atom is -0.481 e. The standard InChI is InChI=1S/C14H12N2O3/c17-13(18)7-10(14-15-5-6-16-14)11-8-19-12-4-2-1-3-9(11)12/h1-6,8,10H,7H2,(H,15,16)(H,17,18). The molecule has 2 N–H and O–H groups in total. The number of aromatic nitrogens is 2. The maximum Gasteiger partial charge on any atom is 0.304 e. The Kier molecular flexibility index (Phi) is 2.79. The SMILES string of the molecule is O=C(O)CC(c1ncc[nH]1)c1coc2ccccc12. The first-order valence-corrected chi connectivity index (χ1v) is 5.93. The average Bonchev–Trinajstić information content (AvgIpc) is 3.05. The van der Waals surface area contributed by atoms with Crippen molar-refractivity contribution in [1.29, 1.82) is 0 Å². The smallest absolute Gasteiger partial charge is 0.304 e. The van der Waals surface area contributed by atoms with Gasteiger partial charge < -0.3 is 14.5 Å². The molecular weight excluding hydrogens is 244 g/mol. The maximum atomic E-state index is 11.1. The van der Waals surface area contributed by atoms with Crippen molar-refractivity contribution in [3.05, 3.63) is 54.3 Å². The molecule has 0 bridgehead atoms. The van der Waals surface area contributed by atoms with Crippen LogP contribution in [-0.2, 0) is 4.79 Å². The fraction of sp³-hybridized carbons (Fsp3) is 0.143. The second kappa shape index (κ2) is 4.61. The summed E-state index contributed by atoms with van der Waals surface area (Å²) in [4.78, 5) is 18.2. The van der Waals surface area contributed by atoms with E-state index in [0.29, 0.717) is 5.82 Å². The van der Waals surface area contributed by atoms with Crippen LogP contribution in [0.2, 0.25) is 0 Å². The molecule has 0 saturated carbocycles. The second-order valence-electron chi connectivity index (χ2n) is 4.31. The second-order valence-corrected chi connectivity index (χ2v) is 4.31. The highest BCUT2D eigenvalue weighted by molar-refractivity contribution is 5.82. The highest BCUT2D eigenvalue weighted by Crippen LogP contribution is 2.32. The summed E-state index contributed by atoms with van der Waals surface area (Å²) in [5.41, 5.74) is 1.59. The van der Waals surface area contributed by atoms with E-state index in [1.807, 2.05) is 24.3 Å². The Morgan fingerprint density at radius 1 is 1.42 bits per heavy atom. The van der Waals surface area contributed by atoms with Crippen molar-refractivity contribution in [3.8, 4) is 0 Å². The number of aliphatic carboxylic acids is 1. The molecule has 0 aliphatic heterocycles. The summed E-state index contributed by atoms with van der Waals surface area (Å²) in [6.07, 6.45) is 4.89. The van der Waals surface area contributed by atoms with Crippen molar-refractivity contribution >= 4 is 16.9 Å². The van der Waals surface area contributed by atoms with E-state index in [2.05, 4.69) is 9.97 Å². The van der Waals surface area contributed by atoms with Gasteiger partial charge in [0.25, 0.3) is 0 Å². The lowest BCUT2D eigenvalue weighted by atomic mass is 9.94. The molecule has 0 amide bonds. The number of hydrogen-bond acceptors (Lipinski definition) is 3. The predicted molar refractivity (Wildman–Crippen MR) is 68.9 cm³/mol. The van der Waals surface area contributed by atoms with Gasteiger partial charge in [-0.1, -0.05) is 18.2 Å². The molecule has 0 fully saturated rings. The van der Waals surface area contributed by atoms with Gasteiger partial charge in [-0.2, -0.15) is 0 Å². The zero-order valence-corrected chi connectivity index (χ0v) is 10.0. The van der Waals surface area contributed by atoms with E-state index in [9.17, 15) is 4.79 Å². The van der Waals surface area contributed by atoms with E-state index < -0.39 is 5.97 Å². The number of carboxylic acids is 1. The number of rotatable bonds is 4. The first-order valence-electron chi connectivity index (χ1n) is 5.93. The summed E-state index contributed by atoms with van der Waals surface area (Å²) in [5, 5.41) is 10.0. The van der Waals surface area contributed by atoms with E-state index in [-0.39, 0.29) is 12.3 Å². The molecule has 3 aromatic rings. The van der Waals surface area contributed by atoms with Crippen LogP contribution in [0.25, 0.3) is 11.0 Å². The molecule has 2 aromatic heterocycles. The molecule has 3 rings (SSSR count). The topological polar surface area (TPSA) is 79.1 Å². The Hall–Kier alpha value is -2.56. The molecule has 1 atom stereocenters. The quantitative estimate of drug-likeness (QED) is 0.752. The molecule has 0 radical (unpaired) electrons. The van der Waals surface area contributed by atoms with Crippen LogP contribution in [0.15, 0.2) is 47.3 Å². The Labute approximate surface area is 108 Å². The van der Waals surface area contributed by atoms with Gasteiger partial charge in [0, 0.05) is 23.3 Å². The minimum atomic E-state index is -0.869. The Bertz CT molecular complexity index is 700. The molecule has 0 spiro atoms. The van der Waals surface area contributed by atoms with Crippen molar-refractivity contribution in [2.24, 2.45) is 0 Å². The van der Waals surface area contributed by atoms with Gasteiger partial charge in [-0.3, -0.25) is 4.79 Å². The third-order valence-electron chi connectivity index (χ3n) is 3.11. The number of hydrogen-bond donors (Lipinski definition) is 2. The van der Waals surface area contributed by atoms with Crippen LogP contribution in [0.3, 0.4) is 0 Å². The third-order valence-corrected chi connectivity index (χ3v) is 3.11. The lowest BCUT2D eigenvalue weighted by Gasteiger charge is -2.10. The van der Waals surface area contributed by atoms with Crippen LogP contribution in [0.5, 0.6) is 0 Å². The Morgan fingerprint density at radius 3 is 3.00 bits per heavy atom. The van der Waals surface area contributed by atoms with E-state index >= 15 is 0 Å². The molecule has 19 heavy (non-hydrogen) atoms. The summed E-state index contributed by atoms with van der Waals surface area (Å²) in [5.74, 6) is -0.572. The number of carboxylic acid groups (broad SMARTS) is 1. The summed E-state index contributed by atoms with van der Waals surface area (Å²) in [6, 6.07) is 7.57. The van der Waals surface area contributed by atoms with Crippen molar-refractivity contribution in [2.75, 3.05) is 0 Å². The number of benzene rings is 1. The summed E-state index contributed by atoms with van der Waals surface area (Å²) in [6.45, 7) is 0. The molecule has 1 unspecified atom stereocenters. The van der Waals surface area contributed by atoms with E-state index in [1.54, 1.807) is 18.7 Å². The zero-order valence-electron chi connectivity index (χ0n) is 10.0. The molecule has 0 aliphatic carbocycles.